The van der Waals surface area contributed by atoms with E-state index < -0.39 is 6.10 Å². The molecule has 0 bridgehead atoms. The van der Waals surface area contributed by atoms with E-state index in [1.54, 1.807) is 43.3 Å². The zero-order valence-electron chi connectivity index (χ0n) is 14.3. The van der Waals surface area contributed by atoms with Gasteiger partial charge in [0.2, 0.25) is 5.91 Å². The molecule has 0 spiro atoms. The topological polar surface area (TPSA) is 75.7 Å². The number of amides is 2. The number of carbonyl (C=O) groups is 3. The van der Waals surface area contributed by atoms with E-state index in [1.165, 1.54) is 11.8 Å². The second-order valence-electron chi connectivity index (χ2n) is 5.98. The molecule has 0 radical (unpaired) electrons. The van der Waals surface area contributed by atoms with Crippen LogP contribution in [0.25, 0.3) is 0 Å². The summed E-state index contributed by atoms with van der Waals surface area (Å²) in [5, 5.41) is 2.76. The van der Waals surface area contributed by atoms with Crippen LogP contribution in [0.4, 0.5) is 11.4 Å². The Hall–Kier alpha value is -2.67. The van der Waals surface area contributed by atoms with Gasteiger partial charge in [-0.3, -0.25) is 19.3 Å². The lowest BCUT2D eigenvalue weighted by Gasteiger charge is -2.32. The summed E-state index contributed by atoms with van der Waals surface area (Å²) < 4.78 is 6.42. The molecule has 2 aromatic carbocycles. The highest BCUT2D eigenvalue weighted by Gasteiger charge is 2.33. The minimum atomic E-state index is -0.704. The van der Waals surface area contributed by atoms with E-state index in [0.717, 1.165) is 4.47 Å². The number of ether oxygens (including phenoxy) is 1. The highest BCUT2D eigenvalue weighted by atomic mass is 79.9. The van der Waals surface area contributed by atoms with Crippen molar-refractivity contribution in [1.29, 1.82) is 0 Å². The van der Waals surface area contributed by atoms with Crippen molar-refractivity contribution in [2.24, 2.45) is 0 Å². The number of hydrogen-bond acceptors (Lipinski definition) is 4. The normalized spacial score (nSPS) is 15.9. The Morgan fingerprint density at radius 2 is 2.00 bits per heavy atom. The number of anilines is 2. The first-order valence-corrected chi connectivity index (χ1v) is 8.83. The molecule has 2 amide bonds. The van der Waals surface area contributed by atoms with Gasteiger partial charge in [0, 0.05) is 15.7 Å². The third-order valence-electron chi connectivity index (χ3n) is 3.98. The predicted octanol–water partition coefficient (Wildman–Crippen LogP) is 3.40. The summed E-state index contributed by atoms with van der Waals surface area (Å²) in [4.78, 5) is 38.0. The number of hydrogen-bond donors (Lipinski definition) is 1. The Kier molecular flexibility index (Phi) is 5.08. The fourth-order valence-electron chi connectivity index (χ4n) is 2.70. The molecule has 1 heterocycles. The quantitative estimate of drug-likeness (QED) is 0.774. The number of fused-ring (bicyclic) bond motifs is 1. The van der Waals surface area contributed by atoms with Gasteiger partial charge < -0.3 is 10.1 Å². The molecule has 1 aliphatic rings. The first-order valence-electron chi connectivity index (χ1n) is 8.03. The summed E-state index contributed by atoms with van der Waals surface area (Å²) in [6, 6.07) is 12.0. The molecule has 0 saturated heterocycles. The summed E-state index contributed by atoms with van der Waals surface area (Å²) in [5.41, 5.74) is 1.49. The molecule has 1 unspecified atom stereocenters. The molecule has 0 saturated carbocycles. The predicted molar refractivity (Wildman–Crippen MR) is 102 cm³/mol. The zero-order chi connectivity index (χ0) is 18.8. The van der Waals surface area contributed by atoms with E-state index in [2.05, 4.69) is 21.2 Å². The summed E-state index contributed by atoms with van der Waals surface area (Å²) in [7, 11) is 0. The molecule has 1 atom stereocenters. The second-order valence-corrected chi connectivity index (χ2v) is 6.90. The maximum atomic E-state index is 12.5. The molecule has 1 N–H and O–H groups in total. The Morgan fingerprint density at radius 1 is 1.23 bits per heavy atom. The van der Waals surface area contributed by atoms with Gasteiger partial charge in [0.05, 0.1) is 5.69 Å². The maximum Gasteiger partial charge on any atom is 0.268 e. The average molecular weight is 417 g/mol. The van der Waals surface area contributed by atoms with Crippen molar-refractivity contribution in [2.75, 3.05) is 16.8 Å². The molecule has 3 rings (SSSR count). The van der Waals surface area contributed by atoms with Crippen molar-refractivity contribution < 1.29 is 19.1 Å². The molecule has 7 heteroatoms. The third kappa shape index (κ3) is 3.77. The fourth-order valence-corrected chi connectivity index (χ4v) is 3.10. The van der Waals surface area contributed by atoms with Gasteiger partial charge >= 0.3 is 0 Å². The van der Waals surface area contributed by atoms with Gasteiger partial charge in [-0.25, -0.2) is 0 Å². The van der Waals surface area contributed by atoms with E-state index in [4.69, 9.17) is 4.74 Å². The van der Waals surface area contributed by atoms with Crippen LogP contribution < -0.4 is 15.0 Å². The SMILES string of the molecule is CC(=O)c1ccc2c(c1)N(CC(=O)Nc1cccc(Br)c1)C(=O)C(C)O2. The lowest BCUT2D eigenvalue weighted by atomic mass is 10.1. The van der Waals surface area contributed by atoms with Gasteiger partial charge in [-0.05, 0) is 50.2 Å². The number of carbonyl (C=O) groups excluding carboxylic acids is 3. The van der Waals surface area contributed by atoms with Crippen molar-refractivity contribution in [3.05, 3.63) is 52.5 Å². The standard InChI is InChI=1S/C19H17BrN2O4/c1-11(23)13-6-7-17-16(8-13)22(19(25)12(2)26-17)10-18(24)21-15-5-3-4-14(20)9-15/h3-9,12H,10H2,1-2H3,(H,21,24). The number of benzene rings is 2. The van der Waals surface area contributed by atoms with E-state index in [9.17, 15) is 14.4 Å². The fraction of sp³-hybridized carbons (Fsp3) is 0.211. The van der Waals surface area contributed by atoms with Crippen LogP contribution in [0.5, 0.6) is 5.75 Å². The Morgan fingerprint density at radius 3 is 2.69 bits per heavy atom. The van der Waals surface area contributed by atoms with Crippen LogP contribution in [0.1, 0.15) is 24.2 Å². The Labute approximate surface area is 159 Å². The number of rotatable bonds is 4. The van der Waals surface area contributed by atoms with Crippen molar-refractivity contribution in [3.63, 3.8) is 0 Å². The number of halogens is 1. The summed E-state index contributed by atoms with van der Waals surface area (Å²) in [6.07, 6.45) is -0.704. The van der Waals surface area contributed by atoms with Crippen molar-refractivity contribution >= 4 is 44.9 Å². The molecule has 0 aliphatic carbocycles. The molecule has 0 aromatic heterocycles. The number of ketones is 1. The van der Waals surface area contributed by atoms with E-state index in [1.807, 2.05) is 6.07 Å². The first kappa shape index (κ1) is 18.1. The van der Waals surface area contributed by atoms with Crippen LogP contribution in [-0.4, -0.2) is 30.2 Å². The largest absolute Gasteiger partial charge is 0.479 e. The van der Waals surface area contributed by atoms with Crippen molar-refractivity contribution in [2.45, 2.75) is 20.0 Å². The van der Waals surface area contributed by atoms with Gasteiger partial charge in [-0.15, -0.1) is 0 Å². The number of Topliss-reactive ketones (excluding diaryl/α,β-unsaturated/α-hetero) is 1. The summed E-state index contributed by atoms with van der Waals surface area (Å²) >= 11 is 3.35. The van der Waals surface area contributed by atoms with Crippen LogP contribution in [0.15, 0.2) is 46.9 Å². The van der Waals surface area contributed by atoms with E-state index >= 15 is 0 Å². The number of nitrogens with zero attached hydrogens (tertiary/aromatic N) is 1. The van der Waals surface area contributed by atoms with Crippen LogP contribution in [0.3, 0.4) is 0 Å². The van der Waals surface area contributed by atoms with Crippen molar-refractivity contribution in [3.8, 4) is 5.75 Å². The Balaban J connectivity index is 1.86. The molecule has 2 aromatic rings. The maximum absolute atomic E-state index is 12.5. The molecule has 26 heavy (non-hydrogen) atoms. The first-order chi connectivity index (χ1) is 12.3. The van der Waals surface area contributed by atoms with Gasteiger partial charge in [-0.2, -0.15) is 0 Å². The van der Waals surface area contributed by atoms with Gasteiger partial charge in [0.25, 0.3) is 5.91 Å². The molecule has 134 valence electrons. The summed E-state index contributed by atoms with van der Waals surface area (Å²) in [6.45, 7) is 2.90. The highest BCUT2D eigenvalue weighted by molar-refractivity contribution is 9.10. The highest BCUT2D eigenvalue weighted by Crippen LogP contribution is 2.35. The van der Waals surface area contributed by atoms with Crippen molar-refractivity contribution in [1.82, 2.24) is 0 Å². The minimum Gasteiger partial charge on any atom is -0.479 e. The monoisotopic (exact) mass is 416 g/mol. The smallest absolute Gasteiger partial charge is 0.268 e. The molecular formula is C19H17BrN2O4. The molecular weight excluding hydrogens is 400 g/mol. The van der Waals surface area contributed by atoms with E-state index in [-0.39, 0.29) is 24.1 Å². The average Bonchev–Trinajstić information content (AvgIpc) is 2.58. The van der Waals surface area contributed by atoms with Crippen LogP contribution in [-0.2, 0) is 9.59 Å². The van der Waals surface area contributed by atoms with E-state index in [0.29, 0.717) is 22.7 Å². The van der Waals surface area contributed by atoms with Gasteiger partial charge in [-0.1, -0.05) is 22.0 Å². The lowest BCUT2D eigenvalue weighted by Crippen LogP contribution is -2.47. The molecule has 1 aliphatic heterocycles. The van der Waals surface area contributed by atoms with Crippen LogP contribution >= 0.6 is 15.9 Å². The third-order valence-corrected chi connectivity index (χ3v) is 4.48. The summed E-state index contributed by atoms with van der Waals surface area (Å²) in [5.74, 6) is -0.331. The minimum absolute atomic E-state index is 0.127. The molecule has 0 fully saturated rings. The molecule has 6 nitrogen and oxygen atoms in total. The second kappa shape index (κ2) is 7.29. The van der Waals surface area contributed by atoms with Gasteiger partial charge in [0.1, 0.15) is 12.3 Å². The van der Waals surface area contributed by atoms with Gasteiger partial charge in [0.15, 0.2) is 11.9 Å². The number of nitrogens with one attached hydrogen (secondary N) is 1. The Bertz CT molecular complexity index is 897. The zero-order valence-corrected chi connectivity index (χ0v) is 15.9. The van der Waals surface area contributed by atoms with Crippen LogP contribution in [0, 0.1) is 0 Å². The van der Waals surface area contributed by atoms with Crippen LogP contribution in [0.2, 0.25) is 0 Å². The lowest BCUT2D eigenvalue weighted by molar-refractivity contribution is -0.127.